The summed E-state index contributed by atoms with van der Waals surface area (Å²) in [6, 6.07) is 22.3. The first-order valence-electron chi connectivity index (χ1n) is 15.4. The summed E-state index contributed by atoms with van der Waals surface area (Å²) in [5, 5.41) is 0. The normalized spacial score (nSPS) is 11.3. The highest BCUT2D eigenvalue weighted by Gasteiger charge is 2.06. The molecule has 0 saturated heterocycles. The molecule has 0 aliphatic heterocycles. The van der Waals surface area contributed by atoms with E-state index in [4.69, 9.17) is 9.47 Å². The van der Waals surface area contributed by atoms with E-state index in [-0.39, 0.29) is 11.9 Å². The molecule has 6 nitrogen and oxygen atoms in total. The molecule has 3 rings (SSSR count). The number of ether oxygens (including phenoxy) is 2. The standard InChI is InChI=1S/C36H44N2O4/c1-3-5-7-9-11-16-35(39)41-33-22-18-29(19-23-33)27-37-31-14-13-15-32(26-31)38-28-30-20-24-34(25-21-30)42-36(40)17-12-10-8-6-4-2/h13-15,18-28H,3-12,16-17H2,1-2H3. The Hall–Kier alpha value is -4.06. The molecule has 0 atom stereocenters. The maximum absolute atomic E-state index is 12.0. The largest absolute Gasteiger partial charge is 0.427 e. The molecule has 0 N–H and O–H groups in total. The van der Waals surface area contributed by atoms with Crippen LogP contribution in [0.3, 0.4) is 0 Å². The minimum atomic E-state index is -0.187. The predicted molar refractivity (Wildman–Crippen MR) is 172 cm³/mol. The van der Waals surface area contributed by atoms with E-state index in [1.165, 1.54) is 38.5 Å². The molecule has 0 fully saturated rings. The second-order valence-electron chi connectivity index (χ2n) is 10.5. The fraction of sp³-hybridized carbons (Fsp3) is 0.389. The quantitative estimate of drug-likeness (QED) is 0.0662. The molecule has 3 aromatic rings. The van der Waals surface area contributed by atoms with Crippen molar-refractivity contribution in [1.82, 2.24) is 0 Å². The minimum Gasteiger partial charge on any atom is -0.427 e. The summed E-state index contributed by atoms with van der Waals surface area (Å²) >= 11 is 0. The van der Waals surface area contributed by atoms with E-state index < -0.39 is 0 Å². The third-order valence-corrected chi connectivity index (χ3v) is 6.75. The van der Waals surface area contributed by atoms with Gasteiger partial charge in [-0.1, -0.05) is 71.3 Å². The molecule has 0 aliphatic rings. The van der Waals surface area contributed by atoms with E-state index in [2.05, 4.69) is 23.8 Å². The summed E-state index contributed by atoms with van der Waals surface area (Å²) in [6.07, 6.45) is 15.5. The highest BCUT2D eigenvalue weighted by atomic mass is 16.5. The summed E-state index contributed by atoms with van der Waals surface area (Å²) in [5.41, 5.74) is 3.36. The predicted octanol–water partition coefficient (Wildman–Crippen LogP) is 9.72. The number of rotatable bonds is 18. The molecule has 6 heteroatoms. The van der Waals surface area contributed by atoms with Gasteiger partial charge in [0.15, 0.2) is 0 Å². The van der Waals surface area contributed by atoms with Crippen LogP contribution in [0, 0.1) is 0 Å². The van der Waals surface area contributed by atoms with E-state index >= 15 is 0 Å². The van der Waals surface area contributed by atoms with Crippen molar-refractivity contribution in [3.05, 3.63) is 83.9 Å². The Kier molecular flexibility index (Phi) is 14.8. The van der Waals surface area contributed by atoms with E-state index in [1.54, 1.807) is 36.7 Å². The third kappa shape index (κ3) is 13.1. The lowest BCUT2D eigenvalue weighted by molar-refractivity contribution is -0.135. The molecule has 0 bridgehead atoms. The van der Waals surface area contributed by atoms with Crippen molar-refractivity contribution in [3.63, 3.8) is 0 Å². The van der Waals surface area contributed by atoms with Gasteiger partial charge < -0.3 is 9.47 Å². The van der Waals surface area contributed by atoms with Gasteiger partial charge in [0.25, 0.3) is 0 Å². The Bertz CT molecular complexity index is 1180. The molecular formula is C36H44N2O4. The van der Waals surface area contributed by atoms with Gasteiger partial charge in [0.05, 0.1) is 11.4 Å². The highest BCUT2D eigenvalue weighted by Crippen LogP contribution is 2.21. The molecule has 42 heavy (non-hydrogen) atoms. The Labute approximate surface area is 250 Å². The fourth-order valence-corrected chi connectivity index (χ4v) is 4.31. The van der Waals surface area contributed by atoms with Gasteiger partial charge in [-0.25, -0.2) is 0 Å². The third-order valence-electron chi connectivity index (χ3n) is 6.75. The molecule has 3 aromatic carbocycles. The van der Waals surface area contributed by atoms with Crippen molar-refractivity contribution in [2.45, 2.75) is 90.9 Å². The Morgan fingerprint density at radius 3 is 1.38 bits per heavy atom. The smallest absolute Gasteiger partial charge is 0.311 e. The molecule has 0 amide bonds. The summed E-state index contributed by atoms with van der Waals surface area (Å²) < 4.78 is 10.9. The molecule has 0 heterocycles. The SMILES string of the molecule is CCCCCCCC(=O)Oc1ccc(C=Nc2cccc(N=Cc3ccc(OC(=O)CCCCCCC)cc3)c2)cc1. The Morgan fingerprint density at radius 1 is 0.571 bits per heavy atom. The molecule has 0 unspecified atom stereocenters. The Morgan fingerprint density at radius 2 is 0.976 bits per heavy atom. The zero-order valence-electron chi connectivity index (χ0n) is 25.1. The van der Waals surface area contributed by atoms with Crippen molar-refractivity contribution in [2.75, 3.05) is 0 Å². The van der Waals surface area contributed by atoms with Crippen LogP contribution in [0.25, 0.3) is 0 Å². The van der Waals surface area contributed by atoms with Crippen LogP contribution in [0.5, 0.6) is 11.5 Å². The first kappa shape index (κ1) is 32.5. The van der Waals surface area contributed by atoms with Crippen molar-refractivity contribution >= 4 is 35.7 Å². The van der Waals surface area contributed by atoms with Crippen LogP contribution >= 0.6 is 0 Å². The Balaban J connectivity index is 1.45. The van der Waals surface area contributed by atoms with Gasteiger partial charge >= 0.3 is 11.9 Å². The second kappa shape index (κ2) is 19.1. The number of hydrogen-bond donors (Lipinski definition) is 0. The van der Waals surface area contributed by atoms with E-state index in [1.807, 2.05) is 48.5 Å². The molecule has 0 radical (unpaired) electrons. The van der Waals surface area contributed by atoms with Gasteiger partial charge in [-0.05, 0) is 90.7 Å². The van der Waals surface area contributed by atoms with Crippen molar-refractivity contribution in [1.29, 1.82) is 0 Å². The number of nitrogens with zero attached hydrogens (tertiary/aromatic N) is 2. The van der Waals surface area contributed by atoms with Crippen LogP contribution in [0.2, 0.25) is 0 Å². The average molecular weight is 569 g/mol. The number of carbonyl (C=O) groups excluding carboxylic acids is 2. The molecule has 0 aromatic heterocycles. The zero-order chi connectivity index (χ0) is 29.8. The minimum absolute atomic E-state index is 0.187. The monoisotopic (exact) mass is 568 g/mol. The first-order chi connectivity index (χ1) is 20.6. The summed E-state index contributed by atoms with van der Waals surface area (Å²) in [6.45, 7) is 4.35. The van der Waals surface area contributed by atoms with Crippen molar-refractivity contribution < 1.29 is 19.1 Å². The average Bonchev–Trinajstić information content (AvgIpc) is 3.00. The number of unbranched alkanes of at least 4 members (excludes halogenated alkanes) is 8. The van der Waals surface area contributed by atoms with Crippen LogP contribution in [0.4, 0.5) is 11.4 Å². The lowest BCUT2D eigenvalue weighted by atomic mass is 10.1. The highest BCUT2D eigenvalue weighted by molar-refractivity contribution is 5.84. The fourth-order valence-electron chi connectivity index (χ4n) is 4.31. The molecule has 0 saturated carbocycles. The maximum atomic E-state index is 12.0. The molecular weight excluding hydrogens is 524 g/mol. The van der Waals surface area contributed by atoms with Gasteiger partial charge in [-0.15, -0.1) is 0 Å². The number of carbonyl (C=O) groups is 2. The molecule has 222 valence electrons. The lowest BCUT2D eigenvalue weighted by Gasteiger charge is -2.05. The van der Waals surface area contributed by atoms with E-state index in [0.29, 0.717) is 24.3 Å². The van der Waals surface area contributed by atoms with Crippen LogP contribution in [-0.4, -0.2) is 24.4 Å². The second-order valence-corrected chi connectivity index (χ2v) is 10.5. The zero-order valence-corrected chi connectivity index (χ0v) is 25.1. The van der Waals surface area contributed by atoms with E-state index in [0.717, 1.165) is 48.2 Å². The lowest BCUT2D eigenvalue weighted by Crippen LogP contribution is -2.07. The number of esters is 2. The van der Waals surface area contributed by atoms with Crippen LogP contribution in [0.1, 0.15) is 102 Å². The van der Waals surface area contributed by atoms with E-state index in [9.17, 15) is 9.59 Å². The maximum Gasteiger partial charge on any atom is 0.311 e. The topological polar surface area (TPSA) is 77.3 Å². The van der Waals surface area contributed by atoms with Crippen molar-refractivity contribution in [2.24, 2.45) is 9.98 Å². The summed E-state index contributed by atoms with van der Waals surface area (Å²) in [4.78, 5) is 33.2. The van der Waals surface area contributed by atoms with Crippen LogP contribution in [0.15, 0.2) is 82.8 Å². The number of hydrogen-bond acceptors (Lipinski definition) is 6. The van der Waals surface area contributed by atoms with Gasteiger partial charge in [0, 0.05) is 25.3 Å². The summed E-state index contributed by atoms with van der Waals surface area (Å²) in [5.74, 6) is 0.721. The first-order valence-corrected chi connectivity index (χ1v) is 15.4. The van der Waals surface area contributed by atoms with Crippen LogP contribution in [-0.2, 0) is 9.59 Å². The van der Waals surface area contributed by atoms with Crippen LogP contribution < -0.4 is 9.47 Å². The van der Waals surface area contributed by atoms with Gasteiger partial charge in [0.1, 0.15) is 11.5 Å². The van der Waals surface area contributed by atoms with Gasteiger partial charge in [-0.2, -0.15) is 0 Å². The van der Waals surface area contributed by atoms with Gasteiger partial charge in [0.2, 0.25) is 0 Å². The summed E-state index contributed by atoms with van der Waals surface area (Å²) in [7, 11) is 0. The molecule has 0 spiro atoms. The molecule has 0 aliphatic carbocycles. The number of benzene rings is 3. The van der Waals surface area contributed by atoms with Gasteiger partial charge in [-0.3, -0.25) is 19.6 Å². The van der Waals surface area contributed by atoms with Crippen molar-refractivity contribution in [3.8, 4) is 11.5 Å². The number of aliphatic imine (C=N–C) groups is 2.